The minimum Gasteiger partial charge on any atom is -0.458 e. The Hall–Kier alpha value is -1.32. The van der Waals surface area contributed by atoms with Gasteiger partial charge in [-0.15, -0.1) is 0 Å². The summed E-state index contributed by atoms with van der Waals surface area (Å²) in [6.07, 6.45) is 2.16. The van der Waals surface area contributed by atoms with Crippen LogP contribution in [0.5, 0.6) is 0 Å². The van der Waals surface area contributed by atoms with Crippen LogP contribution < -0.4 is 0 Å². The van der Waals surface area contributed by atoms with Crippen LogP contribution in [0.15, 0.2) is 12.2 Å². The van der Waals surface area contributed by atoms with Gasteiger partial charge in [-0.1, -0.05) is 20.4 Å². The van der Waals surface area contributed by atoms with Crippen molar-refractivity contribution in [1.82, 2.24) is 0 Å². The summed E-state index contributed by atoms with van der Waals surface area (Å²) >= 11 is 0. The van der Waals surface area contributed by atoms with Gasteiger partial charge in [0.15, 0.2) is 0 Å². The average Bonchev–Trinajstić information content (AvgIpc) is 2.65. The predicted octanol–water partition coefficient (Wildman–Crippen LogP) is 1.84. The van der Waals surface area contributed by atoms with Crippen LogP contribution in [0, 0.1) is 23.2 Å². The van der Waals surface area contributed by atoms with Gasteiger partial charge in [-0.25, -0.2) is 4.79 Å². The highest BCUT2D eigenvalue weighted by Crippen LogP contribution is 2.77. The van der Waals surface area contributed by atoms with E-state index in [0.29, 0.717) is 17.9 Å². The Morgan fingerprint density at radius 3 is 2.79 bits per heavy atom. The van der Waals surface area contributed by atoms with Crippen LogP contribution in [-0.4, -0.2) is 23.6 Å². The maximum absolute atomic E-state index is 11.8. The van der Waals surface area contributed by atoms with Crippen molar-refractivity contribution in [2.75, 3.05) is 0 Å². The molecule has 4 aliphatic rings. The van der Waals surface area contributed by atoms with Crippen molar-refractivity contribution in [3.05, 3.63) is 12.2 Å². The Bertz CT molecular complexity index is 524. The normalized spacial score (nSPS) is 54.7. The maximum atomic E-state index is 11.8. The van der Waals surface area contributed by atoms with Gasteiger partial charge in [-0.05, 0) is 18.8 Å². The molecule has 2 aliphatic heterocycles. The van der Waals surface area contributed by atoms with Gasteiger partial charge in [0, 0.05) is 17.4 Å². The first-order chi connectivity index (χ1) is 8.93. The highest BCUT2D eigenvalue weighted by atomic mass is 16.6. The highest BCUT2D eigenvalue weighted by molar-refractivity contribution is 5.91. The van der Waals surface area contributed by atoms with Crippen molar-refractivity contribution in [3.8, 4) is 0 Å². The molecule has 0 aromatic carbocycles. The van der Waals surface area contributed by atoms with Crippen LogP contribution >= 0.6 is 0 Å². The van der Waals surface area contributed by atoms with Crippen LogP contribution in [0.3, 0.4) is 0 Å². The van der Waals surface area contributed by atoms with Crippen LogP contribution in [-0.2, 0) is 19.1 Å². The van der Waals surface area contributed by atoms with Crippen LogP contribution in [0.25, 0.3) is 0 Å². The molecule has 2 aliphatic carbocycles. The molecular formula is C15H18O4. The number of ether oxygens (including phenoxy) is 2. The molecule has 2 heterocycles. The third kappa shape index (κ3) is 1.01. The molecule has 0 aromatic heterocycles. The second kappa shape index (κ2) is 3.05. The Balaban J connectivity index is 1.80. The van der Waals surface area contributed by atoms with E-state index in [1.54, 1.807) is 0 Å². The zero-order valence-corrected chi connectivity index (χ0v) is 11.3. The molecule has 0 bridgehead atoms. The topological polar surface area (TPSA) is 52.6 Å². The molecule has 4 heteroatoms. The average molecular weight is 262 g/mol. The van der Waals surface area contributed by atoms with Crippen molar-refractivity contribution >= 4 is 11.9 Å². The Kier molecular flexibility index (Phi) is 1.85. The Morgan fingerprint density at radius 1 is 1.32 bits per heavy atom. The lowest BCUT2D eigenvalue weighted by molar-refractivity contribution is -0.157. The number of esters is 2. The van der Waals surface area contributed by atoms with E-state index in [2.05, 4.69) is 20.4 Å². The number of fused-ring (bicyclic) bond motifs is 3. The van der Waals surface area contributed by atoms with Crippen molar-refractivity contribution in [2.24, 2.45) is 23.2 Å². The van der Waals surface area contributed by atoms with Gasteiger partial charge in [0.25, 0.3) is 0 Å². The van der Waals surface area contributed by atoms with Crippen molar-refractivity contribution in [2.45, 2.75) is 44.8 Å². The molecule has 0 aromatic rings. The van der Waals surface area contributed by atoms with Gasteiger partial charge >= 0.3 is 11.9 Å². The van der Waals surface area contributed by atoms with Gasteiger partial charge in [0.05, 0.1) is 11.8 Å². The van der Waals surface area contributed by atoms with E-state index >= 15 is 0 Å². The fraction of sp³-hybridized carbons (Fsp3) is 0.733. The quantitative estimate of drug-likeness (QED) is 0.494. The third-order valence-electron chi connectivity index (χ3n) is 6.20. The molecule has 0 radical (unpaired) electrons. The standard InChI is InChI=1S/C15H18O4/c1-7-4-5-9-8(2)13(17)18-12(9)14(3)10-6-11(16)19-15(7,10)14/h7,9-10,12H,2,4-6H2,1,3H3/t7-,9-,10+,12+,14-,15+/m0/s1. The zero-order valence-electron chi connectivity index (χ0n) is 11.3. The second-order valence-electron chi connectivity index (χ2n) is 6.74. The fourth-order valence-corrected chi connectivity index (χ4v) is 5.18. The molecule has 2 saturated heterocycles. The van der Waals surface area contributed by atoms with Gasteiger partial charge in [-0.3, -0.25) is 4.79 Å². The predicted molar refractivity (Wildman–Crippen MR) is 65.9 cm³/mol. The smallest absolute Gasteiger partial charge is 0.334 e. The van der Waals surface area contributed by atoms with E-state index in [1.807, 2.05) is 0 Å². The highest BCUT2D eigenvalue weighted by Gasteiger charge is 2.87. The molecule has 102 valence electrons. The molecule has 6 atom stereocenters. The molecule has 0 unspecified atom stereocenters. The maximum Gasteiger partial charge on any atom is 0.334 e. The SMILES string of the molecule is C=C1C(=O)O[C@@H]2[C@H]1CC[C@H](C)[C@@]13OC(=O)C[C@@H]1[C@@]23C. The van der Waals surface area contributed by atoms with E-state index < -0.39 is 5.60 Å². The van der Waals surface area contributed by atoms with Crippen molar-refractivity contribution < 1.29 is 19.1 Å². The molecule has 4 rings (SSSR count). The molecule has 19 heavy (non-hydrogen) atoms. The summed E-state index contributed by atoms with van der Waals surface area (Å²) in [6, 6.07) is 0. The lowest BCUT2D eigenvalue weighted by Crippen LogP contribution is -2.37. The van der Waals surface area contributed by atoms with E-state index in [9.17, 15) is 9.59 Å². The van der Waals surface area contributed by atoms with Gasteiger partial charge in [0.1, 0.15) is 11.7 Å². The first kappa shape index (κ1) is 11.5. The summed E-state index contributed by atoms with van der Waals surface area (Å²) in [5.41, 5.74) is -0.00266. The van der Waals surface area contributed by atoms with Crippen molar-refractivity contribution in [1.29, 1.82) is 0 Å². The minimum absolute atomic E-state index is 0.101. The second-order valence-corrected chi connectivity index (χ2v) is 6.74. The summed E-state index contributed by atoms with van der Waals surface area (Å²) in [5, 5.41) is 0. The molecule has 1 spiro atoms. The molecule has 4 nitrogen and oxygen atoms in total. The Labute approximate surface area is 112 Å². The molecule has 4 fully saturated rings. The molecule has 0 amide bonds. The van der Waals surface area contributed by atoms with Crippen LogP contribution in [0.4, 0.5) is 0 Å². The van der Waals surface area contributed by atoms with E-state index in [0.717, 1.165) is 12.8 Å². The molecule has 2 saturated carbocycles. The monoisotopic (exact) mass is 262 g/mol. The minimum atomic E-state index is -0.394. The largest absolute Gasteiger partial charge is 0.458 e. The number of hydrogen-bond donors (Lipinski definition) is 0. The van der Waals surface area contributed by atoms with Gasteiger partial charge < -0.3 is 9.47 Å². The first-order valence-corrected chi connectivity index (χ1v) is 7.04. The van der Waals surface area contributed by atoms with E-state index in [1.165, 1.54) is 0 Å². The molecular weight excluding hydrogens is 244 g/mol. The lowest BCUT2D eigenvalue weighted by atomic mass is 9.83. The number of hydrogen-bond acceptors (Lipinski definition) is 4. The number of carbonyl (C=O) groups excluding carboxylic acids is 2. The number of rotatable bonds is 0. The van der Waals surface area contributed by atoms with Crippen LogP contribution in [0.2, 0.25) is 0 Å². The summed E-state index contributed by atoms with van der Waals surface area (Å²) in [4.78, 5) is 23.4. The summed E-state index contributed by atoms with van der Waals surface area (Å²) in [5.74, 6) is 0.261. The molecule has 0 N–H and O–H groups in total. The fourth-order valence-electron chi connectivity index (χ4n) is 5.18. The summed E-state index contributed by atoms with van der Waals surface area (Å²) < 4.78 is 11.3. The lowest BCUT2D eigenvalue weighted by Gasteiger charge is -2.29. The van der Waals surface area contributed by atoms with Gasteiger partial charge in [-0.2, -0.15) is 0 Å². The third-order valence-corrected chi connectivity index (χ3v) is 6.20. The van der Waals surface area contributed by atoms with Gasteiger partial charge in [0.2, 0.25) is 0 Å². The number of carbonyl (C=O) groups is 2. The first-order valence-electron chi connectivity index (χ1n) is 7.04. The van der Waals surface area contributed by atoms with Crippen molar-refractivity contribution in [3.63, 3.8) is 0 Å². The van der Waals surface area contributed by atoms with E-state index in [-0.39, 0.29) is 35.3 Å². The Morgan fingerprint density at radius 2 is 2.05 bits per heavy atom. The summed E-state index contributed by atoms with van der Waals surface area (Å²) in [7, 11) is 0. The summed E-state index contributed by atoms with van der Waals surface area (Å²) in [6.45, 7) is 8.17. The van der Waals surface area contributed by atoms with E-state index in [4.69, 9.17) is 9.47 Å². The zero-order chi connectivity index (χ0) is 13.6. The van der Waals surface area contributed by atoms with Crippen LogP contribution in [0.1, 0.15) is 33.1 Å².